The van der Waals surface area contributed by atoms with Crippen LogP contribution < -0.4 is 5.32 Å². The zero-order valence-electron chi connectivity index (χ0n) is 8.88. The summed E-state index contributed by atoms with van der Waals surface area (Å²) in [6.07, 6.45) is 3.43. The van der Waals surface area contributed by atoms with Gasteiger partial charge in [-0.2, -0.15) is 0 Å². The summed E-state index contributed by atoms with van der Waals surface area (Å²) in [6, 6.07) is 0. The third-order valence-corrected chi connectivity index (χ3v) is 2.97. The Balaban J connectivity index is 2.52. The molecule has 1 rings (SSSR count). The Morgan fingerprint density at radius 3 is 2.57 bits per heavy atom. The lowest BCUT2D eigenvalue weighted by molar-refractivity contribution is -0.132. The molecule has 4 nitrogen and oxygen atoms in total. The molecule has 82 valence electrons. The van der Waals surface area contributed by atoms with Crippen molar-refractivity contribution in [1.82, 2.24) is 5.32 Å². The van der Waals surface area contributed by atoms with E-state index in [-0.39, 0.29) is 18.1 Å². The molecule has 0 saturated heterocycles. The van der Waals surface area contributed by atoms with Crippen molar-refractivity contribution in [3.8, 4) is 0 Å². The Morgan fingerprint density at radius 2 is 2.14 bits per heavy atom. The molecule has 0 bridgehead atoms. The van der Waals surface area contributed by atoms with Crippen molar-refractivity contribution in [1.29, 1.82) is 0 Å². The molecule has 4 heteroatoms. The van der Waals surface area contributed by atoms with Crippen LogP contribution in [0.25, 0.3) is 0 Å². The summed E-state index contributed by atoms with van der Waals surface area (Å²) in [5.41, 5.74) is -0.385. The van der Waals surface area contributed by atoms with E-state index in [9.17, 15) is 9.90 Å². The van der Waals surface area contributed by atoms with Crippen LogP contribution in [0.2, 0.25) is 0 Å². The zero-order valence-corrected chi connectivity index (χ0v) is 8.88. The van der Waals surface area contributed by atoms with E-state index < -0.39 is 6.10 Å². The molecule has 0 aliphatic heterocycles. The molecule has 0 aromatic rings. The second kappa shape index (κ2) is 4.75. The molecule has 0 spiro atoms. The first-order valence-electron chi connectivity index (χ1n) is 5.09. The molecular formula is C10H19NO3. The maximum Gasteiger partial charge on any atom is 0.249 e. The zero-order chi connectivity index (χ0) is 10.6. The van der Waals surface area contributed by atoms with Gasteiger partial charge in [-0.05, 0) is 19.8 Å². The number of carbonyl (C=O) groups is 1. The van der Waals surface area contributed by atoms with Gasteiger partial charge < -0.3 is 15.2 Å². The normalized spacial score (nSPS) is 21.9. The van der Waals surface area contributed by atoms with Crippen molar-refractivity contribution >= 4 is 5.91 Å². The molecule has 1 amide bonds. The Kier molecular flexibility index (Phi) is 3.89. The van der Waals surface area contributed by atoms with Crippen LogP contribution in [0.4, 0.5) is 0 Å². The van der Waals surface area contributed by atoms with Crippen LogP contribution in [0, 0.1) is 0 Å². The Hall–Kier alpha value is -0.610. The van der Waals surface area contributed by atoms with Crippen LogP contribution in [-0.4, -0.2) is 36.4 Å². The van der Waals surface area contributed by atoms with E-state index in [1.807, 2.05) is 0 Å². The Morgan fingerprint density at radius 1 is 1.57 bits per heavy atom. The summed E-state index contributed by atoms with van der Waals surface area (Å²) in [4.78, 5) is 11.5. The topological polar surface area (TPSA) is 58.6 Å². The highest BCUT2D eigenvalue weighted by atomic mass is 16.5. The number of aliphatic hydroxyl groups is 1. The molecule has 1 unspecified atom stereocenters. The summed E-state index contributed by atoms with van der Waals surface area (Å²) < 4.78 is 4.92. The SMILES string of the molecule is COC(C)C(=O)NC1(CO)CCCC1. The number of ether oxygens (including phenoxy) is 1. The number of nitrogens with one attached hydrogen (secondary N) is 1. The van der Waals surface area contributed by atoms with Crippen molar-refractivity contribution in [3.63, 3.8) is 0 Å². The van der Waals surface area contributed by atoms with Gasteiger partial charge in [-0.3, -0.25) is 4.79 Å². The lowest BCUT2D eigenvalue weighted by Crippen LogP contribution is -2.52. The van der Waals surface area contributed by atoms with Crippen LogP contribution in [0.3, 0.4) is 0 Å². The van der Waals surface area contributed by atoms with Crippen LogP contribution in [0.15, 0.2) is 0 Å². The minimum Gasteiger partial charge on any atom is -0.394 e. The summed E-state index contributed by atoms with van der Waals surface area (Å²) >= 11 is 0. The molecule has 0 heterocycles. The number of hydrogen-bond donors (Lipinski definition) is 2. The van der Waals surface area contributed by atoms with Crippen molar-refractivity contribution in [2.24, 2.45) is 0 Å². The summed E-state index contributed by atoms with van der Waals surface area (Å²) in [5.74, 6) is -0.136. The molecule has 1 saturated carbocycles. The van der Waals surface area contributed by atoms with E-state index in [0.717, 1.165) is 25.7 Å². The third kappa shape index (κ3) is 2.45. The summed E-state index contributed by atoms with van der Waals surface area (Å²) in [6.45, 7) is 1.73. The van der Waals surface area contributed by atoms with Gasteiger partial charge in [-0.1, -0.05) is 12.8 Å². The minimum absolute atomic E-state index is 0.0230. The fourth-order valence-electron chi connectivity index (χ4n) is 1.84. The predicted molar refractivity (Wildman–Crippen MR) is 52.9 cm³/mol. The maximum atomic E-state index is 11.5. The van der Waals surface area contributed by atoms with Crippen molar-refractivity contribution in [3.05, 3.63) is 0 Å². The van der Waals surface area contributed by atoms with Gasteiger partial charge in [0.2, 0.25) is 5.91 Å². The number of carbonyl (C=O) groups excluding carboxylic acids is 1. The van der Waals surface area contributed by atoms with Crippen molar-refractivity contribution < 1.29 is 14.6 Å². The number of rotatable bonds is 4. The molecule has 1 atom stereocenters. The molecule has 1 fully saturated rings. The molecule has 0 aromatic heterocycles. The maximum absolute atomic E-state index is 11.5. The van der Waals surface area contributed by atoms with Gasteiger partial charge in [0, 0.05) is 7.11 Å². The summed E-state index contributed by atoms with van der Waals surface area (Å²) in [5, 5.41) is 12.1. The van der Waals surface area contributed by atoms with Crippen LogP contribution in [0.1, 0.15) is 32.6 Å². The molecule has 0 aromatic carbocycles. The molecule has 14 heavy (non-hydrogen) atoms. The average Bonchev–Trinajstić information content (AvgIpc) is 2.65. The first-order chi connectivity index (χ1) is 6.63. The largest absolute Gasteiger partial charge is 0.394 e. The fourth-order valence-corrected chi connectivity index (χ4v) is 1.84. The van der Waals surface area contributed by atoms with E-state index >= 15 is 0 Å². The lowest BCUT2D eigenvalue weighted by atomic mass is 9.98. The minimum atomic E-state index is -0.445. The average molecular weight is 201 g/mol. The van der Waals surface area contributed by atoms with Gasteiger partial charge in [0.15, 0.2) is 0 Å². The number of methoxy groups -OCH3 is 1. The van der Waals surface area contributed by atoms with Crippen molar-refractivity contribution in [2.75, 3.05) is 13.7 Å². The highest BCUT2D eigenvalue weighted by Crippen LogP contribution is 2.29. The number of hydrogen-bond acceptors (Lipinski definition) is 3. The van der Waals surface area contributed by atoms with Gasteiger partial charge in [0.05, 0.1) is 12.1 Å². The van der Waals surface area contributed by atoms with E-state index in [1.165, 1.54) is 7.11 Å². The molecule has 0 radical (unpaired) electrons. The van der Waals surface area contributed by atoms with Crippen LogP contribution in [0.5, 0.6) is 0 Å². The monoisotopic (exact) mass is 201 g/mol. The highest BCUT2D eigenvalue weighted by molar-refractivity contribution is 5.81. The quantitative estimate of drug-likeness (QED) is 0.694. The lowest BCUT2D eigenvalue weighted by Gasteiger charge is -2.29. The smallest absolute Gasteiger partial charge is 0.249 e. The standard InChI is InChI=1S/C10H19NO3/c1-8(14-2)9(13)11-10(7-12)5-3-4-6-10/h8,12H,3-7H2,1-2H3,(H,11,13). The first kappa shape index (κ1) is 11.5. The van der Waals surface area contributed by atoms with E-state index in [1.54, 1.807) is 6.92 Å². The molecule has 1 aliphatic carbocycles. The predicted octanol–water partition coefficient (Wildman–Crippen LogP) is 0.443. The van der Waals surface area contributed by atoms with Crippen LogP contribution in [-0.2, 0) is 9.53 Å². The van der Waals surface area contributed by atoms with Gasteiger partial charge in [-0.25, -0.2) is 0 Å². The van der Waals surface area contributed by atoms with Gasteiger partial charge in [0.25, 0.3) is 0 Å². The van der Waals surface area contributed by atoms with E-state index in [4.69, 9.17) is 4.74 Å². The Labute approximate surface area is 84.6 Å². The molecule has 1 aliphatic rings. The second-order valence-electron chi connectivity index (χ2n) is 4.01. The van der Waals surface area contributed by atoms with Crippen molar-refractivity contribution in [2.45, 2.75) is 44.2 Å². The Bertz CT molecular complexity index is 200. The highest BCUT2D eigenvalue weighted by Gasteiger charge is 2.35. The number of amides is 1. The number of aliphatic hydroxyl groups excluding tert-OH is 1. The molecular weight excluding hydrogens is 182 g/mol. The van der Waals surface area contributed by atoms with E-state index in [0.29, 0.717) is 0 Å². The first-order valence-corrected chi connectivity index (χ1v) is 5.09. The van der Waals surface area contributed by atoms with E-state index in [2.05, 4.69) is 5.32 Å². The van der Waals surface area contributed by atoms with Gasteiger partial charge in [-0.15, -0.1) is 0 Å². The summed E-state index contributed by atoms with van der Waals surface area (Å²) in [7, 11) is 1.50. The fraction of sp³-hybridized carbons (Fsp3) is 0.900. The van der Waals surface area contributed by atoms with Gasteiger partial charge >= 0.3 is 0 Å². The van der Waals surface area contributed by atoms with Gasteiger partial charge in [0.1, 0.15) is 6.10 Å². The molecule has 2 N–H and O–H groups in total. The third-order valence-electron chi connectivity index (χ3n) is 2.97. The van der Waals surface area contributed by atoms with Crippen LogP contribution >= 0.6 is 0 Å². The second-order valence-corrected chi connectivity index (χ2v) is 4.01.